The molecule has 1 rings (SSSR count). The second kappa shape index (κ2) is 6.38. The maximum Gasteiger partial charge on any atom is 0.157 e. The summed E-state index contributed by atoms with van der Waals surface area (Å²) in [5.74, 6) is 0. The molecule has 0 aliphatic rings. The van der Waals surface area contributed by atoms with Gasteiger partial charge in [0, 0.05) is 5.56 Å². The van der Waals surface area contributed by atoms with Crippen LogP contribution in [-0.2, 0) is 4.52 Å². The van der Waals surface area contributed by atoms with E-state index < -0.39 is 0 Å². The number of hydrogen-bond acceptors (Lipinski definition) is 3. The van der Waals surface area contributed by atoms with Gasteiger partial charge in [-0.25, -0.2) is 0 Å². The lowest BCUT2D eigenvalue weighted by atomic mass is 10.1. The normalized spacial score (nSPS) is 13.7. The van der Waals surface area contributed by atoms with E-state index in [9.17, 15) is 0 Å². The molecule has 0 amide bonds. The predicted octanol–water partition coefficient (Wildman–Crippen LogP) is 4.19. The van der Waals surface area contributed by atoms with Crippen LogP contribution >= 0.6 is 51.7 Å². The van der Waals surface area contributed by atoms with Crippen molar-refractivity contribution >= 4 is 51.7 Å². The average Bonchev–Trinajstić information content (AvgIpc) is 2.18. The van der Waals surface area contributed by atoms with Crippen molar-refractivity contribution in [1.82, 2.24) is 10.2 Å². The first kappa shape index (κ1) is 12.8. The largest absolute Gasteiger partial charge is 0.344 e. The molecule has 0 aliphatic heterocycles. The summed E-state index contributed by atoms with van der Waals surface area (Å²) in [4.78, 5) is 0. The van der Waals surface area contributed by atoms with E-state index in [1.54, 1.807) is 6.07 Å². The lowest BCUT2D eigenvalue weighted by Gasteiger charge is -2.14. The van der Waals surface area contributed by atoms with Gasteiger partial charge in [-0.2, -0.15) is 0 Å². The molecule has 1 aromatic rings. The Morgan fingerprint density at radius 1 is 1.57 bits per heavy atom. The first-order chi connectivity index (χ1) is 6.69. The molecule has 14 heavy (non-hydrogen) atoms. The van der Waals surface area contributed by atoms with Crippen LogP contribution in [0.4, 0.5) is 0 Å². The van der Waals surface area contributed by atoms with Gasteiger partial charge in [-0.3, -0.25) is 0 Å². The lowest BCUT2D eigenvalue weighted by molar-refractivity contribution is 0.239. The topological polar surface area (TPSA) is 35.0 Å². The Morgan fingerprint density at radius 2 is 2.29 bits per heavy atom. The van der Waals surface area contributed by atoms with Gasteiger partial charge in [-0.1, -0.05) is 30.1 Å². The Hall–Kier alpha value is 0.780. The monoisotopic (exact) mass is 364 g/mol. The number of hydrogen-bond donors (Lipinski definition) is 0. The second-order valence-electron chi connectivity index (χ2n) is 2.51. The van der Waals surface area contributed by atoms with E-state index in [4.69, 9.17) is 27.7 Å². The summed E-state index contributed by atoms with van der Waals surface area (Å²) >= 11 is 13.8. The smallest absolute Gasteiger partial charge is 0.157 e. The van der Waals surface area contributed by atoms with Crippen LogP contribution in [0.3, 0.4) is 0 Å². The van der Waals surface area contributed by atoms with Gasteiger partial charge in [0.1, 0.15) is 0 Å². The van der Waals surface area contributed by atoms with Gasteiger partial charge in [0.15, 0.2) is 10.3 Å². The average molecular weight is 365 g/mol. The number of rotatable bonds is 4. The molecular weight excluding hydrogens is 357 g/mol. The van der Waals surface area contributed by atoms with Gasteiger partial charge < -0.3 is 4.52 Å². The van der Waals surface area contributed by atoms with Crippen molar-refractivity contribution in [1.29, 1.82) is 0 Å². The van der Waals surface area contributed by atoms with Gasteiger partial charge in [-0.05, 0) is 34.5 Å². The van der Waals surface area contributed by atoms with Crippen molar-refractivity contribution in [3.8, 4) is 0 Å². The Kier molecular flexibility index (Phi) is 5.86. The zero-order valence-electron chi connectivity index (χ0n) is 7.30. The molecule has 0 spiro atoms. The third kappa shape index (κ3) is 3.42. The van der Waals surface area contributed by atoms with Crippen LogP contribution in [0.5, 0.6) is 0 Å². The maximum absolute atomic E-state index is 5.89. The highest BCUT2D eigenvalue weighted by Gasteiger charge is 2.15. The molecule has 2 unspecified atom stereocenters. The minimum absolute atomic E-state index is 0.0502. The van der Waals surface area contributed by atoms with Crippen LogP contribution in [0.2, 0.25) is 10.3 Å². The van der Waals surface area contributed by atoms with Crippen molar-refractivity contribution in [3.05, 3.63) is 21.9 Å². The third-order valence-electron chi connectivity index (χ3n) is 1.65. The molecule has 0 radical (unpaired) electrons. The van der Waals surface area contributed by atoms with Gasteiger partial charge >= 0.3 is 0 Å². The molecular formula is C7H8Cl2IN2OP. The Balaban J connectivity index is 2.96. The highest BCUT2D eigenvalue weighted by atomic mass is 127. The summed E-state index contributed by atoms with van der Waals surface area (Å²) < 4.78 is 5.52. The van der Waals surface area contributed by atoms with Crippen molar-refractivity contribution < 1.29 is 4.52 Å². The molecule has 3 nitrogen and oxygen atoms in total. The van der Waals surface area contributed by atoms with E-state index in [1.807, 2.05) is 6.92 Å². The minimum Gasteiger partial charge on any atom is -0.344 e. The summed E-state index contributed by atoms with van der Waals surface area (Å²) in [6.45, 7) is 2.40. The predicted molar refractivity (Wildman–Crippen MR) is 68.5 cm³/mol. The second-order valence-corrected chi connectivity index (χ2v) is 4.96. The molecule has 0 aromatic carbocycles. The molecule has 2 atom stereocenters. The molecule has 0 N–H and O–H groups in total. The van der Waals surface area contributed by atoms with E-state index in [-0.39, 0.29) is 6.10 Å². The van der Waals surface area contributed by atoms with Crippen molar-refractivity contribution in [2.24, 2.45) is 0 Å². The highest BCUT2D eigenvalue weighted by molar-refractivity contribution is 14.2. The molecule has 78 valence electrons. The minimum atomic E-state index is -0.0502. The van der Waals surface area contributed by atoms with Crippen molar-refractivity contribution in [2.75, 3.05) is 0 Å². The molecule has 0 fully saturated rings. The summed E-state index contributed by atoms with van der Waals surface area (Å²) in [6.07, 6.45) is 0.781. The van der Waals surface area contributed by atoms with E-state index in [1.165, 1.54) is 0 Å². The fourth-order valence-corrected chi connectivity index (χ4v) is 2.70. The Bertz CT molecular complexity index is 316. The highest BCUT2D eigenvalue weighted by Crippen LogP contribution is 2.36. The maximum atomic E-state index is 5.89. The SMILES string of the molecule is CCC(OPI)c1cc(Cl)nnc1Cl. The summed E-state index contributed by atoms with van der Waals surface area (Å²) in [5.41, 5.74) is 0.804. The van der Waals surface area contributed by atoms with Crippen LogP contribution < -0.4 is 0 Å². The van der Waals surface area contributed by atoms with E-state index in [0.29, 0.717) is 16.8 Å². The zero-order chi connectivity index (χ0) is 10.6. The quantitative estimate of drug-likeness (QED) is 0.593. The van der Waals surface area contributed by atoms with Crippen molar-refractivity contribution in [3.63, 3.8) is 0 Å². The fraction of sp³-hybridized carbons (Fsp3) is 0.429. The molecule has 0 bridgehead atoms. The summed E-state index contributed by atoms with van der Waals surface area (Å²) in [7, 11) is 0. The molecule has 7 heteroatoms. The first-order valence-electron chi connectivity index (χ1n) is 3.89. The van der Waals surface area contributed by atoms with E-state index >= 15 is 0 Å². The molecule has 0 aliphatic carbocycles. The fourth-order valence-electron chi connectivity index (χ4n) is 1.01. The van der Waals surface area contributed by atoms with Gasteiger partial charge in [0.2, 0.25) is 0 Å². The van der Waals surface area contributed by atoms with Crippen LogP contribution in [0.1, 0.15) is 25.0 Å². The molecule has 1 heterocycles. The van der Waals surface area contributed by atoms with Gasteiger partial charge in [-0.15, -0.1) is 10.2 Å². The van der Waals surface area contributed by atoms with Crippen molar-refractivity contribution in [2.45, 2.75) is 19.4 Å². The van der Waals surface area contributed by atoms with Crippen LogP contribution in [-0.4, -0.2) is 10.2 Å². The number of aromatic nitrogens is 2. The Labute approximate surface area is 107 Å². The summed E-state index contributed by atoms with van der Waals surface area (Å²) in [6, 6.07) is 1.70. The first-order valence-corrected chi connectivity index (χ1v) is 8.66. The summed E-state index contributed by atoms with van der Waals surface area (Å²) in [5, 5.41) is 8.07. The van der Waals surface area contributed by atoms with E-state index in [2.05, 4.69) is 32.2 Å². The number of nitrogens with zero attached hydrogens (tertiary/aromatic N) is 2. The third-order valence-corrected chi connectivity index (χ3v) is 3.27. The van der Waals surface area contributed by atoms with Gasteiger partial charge in [0.05, 0.1) is 12.6 Å². The molecule has 0 saturated heterocycles. The lowest BCUT2D eigenvalue weighted by Crippen LogP contribution is -2.00. The van der Waals surface area contributed by atoms with Crippen LogP contribution in [0, 0.1) is 0 Å². The zero-order valence-corrected chi connectivity index (χ0v) is 12.0. The van der Waals surface area contributed by atoms with Crippen LogP contribution in [0.15, 0.2) is 6.07 Å². The molecule has 0 saturated carbocycles. The number of halogens is 3. The Morgan fingerprint density at radius 3 is 2.86 bits per heavy atom. The van der Waals surface area contributed by atoms with E-state index in [0.717, 1.165) is 12.0 Å². The van der Waals surface area contributed by atoms with Gasteiger partial charge in [0.25, 0.3) is 0 Å². The van der Waals surface area contributed by atoms with Crippen LogP contribution in [0.25, 0.3) is 0 Å². The standard InChI is InChI=1S/C7H8Cl2IN2OP/c1-2-5(13-14-10)4-3-6(8)11-12-7(4)9/h3,5,14H,2H2,1H3. The molecule has 1 aromatic heterocycles.